The van der Waals surface area contributed by atoms with Crippen molar-refractivity contribution in [3.05, 3.63) is 520 Å². The molecule has 0 aliphatic heterocycles. The minimum atomic E-state index is 0. The van der Waals surface area contributed by atoms with Gasteiger partial charge in [0.25, 0.3) is 0 Å². The number of fused-ring (bicyclic) bond motifs is 2. The molecule has 0 saturated carbocycles. The normalized spacial score (nSPS) is 13.8. The highest BCUT2D eigenvalue weighted by atomic mass is 15.2. The van der Waals surface area contributed by atoms with Gasteiger partial charge in [0.15, 0.2) is 0 Å². The Morgan fingerprint density at radius 2 is 0.473 bits per heavy atom. The fraction of sp³-hybridized carbons (Fsp3) is 0.0959. The molecule has 0 spiro atoms. The Balaban J connectivity index is 0.000000147. The van der Waals surface area contributed by atoms with Crippen molar-refractivity contribution in [2.24, 2.45) is 17.8 Å². The molecule has 0 radical (unpaired) electrons. The quantitative estimate of drug-likeness (QED) is 0.0627. The van der Waals surface area contributed by atoms with E-state index in [1.165, 1.54) is 236 Å². The number of hydrogen-bond acceptors (Lipinski definition) is 4. The largest absolute Gasteiger partial charge is 0.310 e. The van der Waals surface area contributed by atoms with E-state index in [0.717, 1.165) is 45.5 Å². The summed E-state index contributed by atoms with van der Waals surface area (Å²) in [6, 6.07) is 178. The SMILES string of the molecule is C.C.C=CC(C)C.CC1=CC2c3c(-c4ccc(N(c5ccccc5)c5ccc6ccc7cccc8ccc5c6c78)cc4)ccc(-c4ccc(N(c5ccccc5)c5ccc6ccc7cccc8ccc5c6c78)cc4)c3C1CC2C(C)C.Cc1ccc2c(-c3ccc(N(c4ccccc4)c4ccc5ccc6cccc7ccc4c5c67)cc3)ccc(-c3ccc(N(c4ccccc4)c4ccc5ccc6cccc7ccc4c5c67)cc3)c2c1. The van der Waals surface area contributed by atoms with Crippen molar-refractivity contribution >= 4 is 208 Å². The number of rotatable bonds is 18. The maximum atomic E-state index is 3.56. The first kappa shape index (κ1) is 93.1. The molecule has 4 heteroatoms. The first-order valence-corrected chi connectivity index (χ1v) is 52.3. The van der Waals surface area contributed by atoms with Gasteiger partial charge in [0.2, 0.25) is 0 Å². The molecule has 3 atom stereocenters. The molecule has 3 aliphatic carbocycles. The summed E-state index contributed by atoms with van der Waals surface area (Å²) in [4.78, 5) is 9.72. The smallest absolute Gasteiger partial charge is 0.0540 e. The minimum Gasteiger partial charge on any atom is -0.310 e. The summed E-state index contributed by atoms with van der Waals surface area (Å²) < 4.78 is 0. The van der Waals surface area contributed by atoms with Gasteiger partial charge in [0.1, 0.15) is 0 Å². The Morgan fingerprint density at radius 1 is 0.233 bits per heavy atom. The van der Waals surface area contributed by atoms with E-state index in [0.29, 0.717) is 29.6 Å². The van der Waals surface area contributed by atoms with Gasteiger partial charge in [0, 0.05) is 78.9 Å². The molecule has 4 nitrogen and oxygen atoms in total. The first-order chi connectivity index (χ1) is 72.8. The van der Waals surface area contributed by atoms with Crippen molar-refractivity contribution in [1.29, 1.82) is 0 Å². The van der Waals surface area contributed by atoms with Gasteiger partial charge in [0.05, 0.1) is 22.7 Å². The number of para-hydroxylation sites is 4. The zero-order valence-electron chi connectivity index (χ0n) is 83.9. The van der Waals surface area contributed by atoms with Crippen molar-refractivity contribution in [2.75, 3.05) is 19.6 Å². The summed E-state index contributed by atoms with van der Waals surface area (Å²) in [7, 11) is 0. The lowest BCUT2D eigenvalue weighted by Crippen LogP contribution is -2.32. The molecular formula is C146H116N4. The topological polar surface area (TPSA) is 13.0 Å². The molecule has 3 unspecified atom stereocenters. The zero-order valence-corrected chi connectivity index (χ0v) is 83.9. The number of benzene rings is 27. The van der Waals surface area contributed by atoms with Crippen LogP contribution < -0.4 is 19.6 Å². The van der Waals surface area contributed by atoms with Crippen LogP contribution >= 0.6 is 0 Å². The van der Waals surface area contributed by atoms with Gasteiger partial charge >= 0.3 is 0 Å². The van der Waals surface area contributed by atoms with Gasteiger partial charge in [-0.05, 0) is 333 Å². The van der Waals surface area contributed by atoms with Crippen molar-refractivity contribution in [1.82, 2.24) is 0 Å². The average Bonchev–Trinajstić information content (AvgIpc) is 0.712. The lowest BCUT2D eigenvalue weighted by atomic mass is 9.58. The van der Waals surface area contributed by atoms with E-state index in [9.17, 15) is 0 Å². The van der Waals surface area contributed by atoms with Crippen LogP contribution in [0.5, 0.6) is 0 Å². The highest BCUT2D eigenvalue weighted by Gasteiger charge is 2.43. The summed E-state index contributed by atoms with van der Waals surface area (Å²) >= 11 is 0. The first-order valence-electron chi connectivity index (χ1n) is 52.3. The van der Waals surface area contributed by atoms with Gasteiger partial charge in [-0.3, -0.25) is 0 Å². The van der Waals surface area contributed by atoms with Gasteiger partial charge in [-0.25, -0.2) is 0 Å². The van der Waals surface area contributed by atoms with E-state index in [-0.39, 0.29) is 14.9 Å². The monoisotopic (exact) mass is 1920 g/mol. The molecule has 0 saturated heterocycles. The molecule has 2 bridgehead atoms. The molecule has 27 aromatic rings. The second-order valence-electron chi connectivity index (χ2n) is 41.4. The summed E-state index contributed by atoms with van der Waals surface area (Å²) in [6.45, 7) is 17.2. The number of hydrogen-bond donors (Lipinski definition) is 0. The summed E-state index contributed by atoms with van der Waals surface area (Å²) in [5, 5.41) is 33.4. The van der Waals surface area contributed by atoms with Crippen LogP contribution in [0.3, 0.4) is 0 Å². The maximum absolute atomic E-state index is 3.56. The zero-order chi connectivity index (χ0) is 99.0. The van der Waals surface area contributed by atoms with Crippen molar-refractivity contribution in [3.8, 4) is 44.5 Å². The third kappa shape index (κ3) is 15.7. The Hall–Kier alpha value is -18.0. The lowest BCUT2D eigenvalue weighted by Gasteiger charge is -2.46. The molecule has 0 fully saturated rings. The predicted molar refractivity (Wildman–Crippen MR) is 651 cm³/mol. The van der Waals surface area contributed by atoms with Crippen LogP contribution in [0.1, 0.15) is 84.4 Å². The molecule has 720 valence electrons. The maximum Gasteiger partial charge on any atom is 0.0540 e. The number of aryl methyl sites for hydroxylation is 1. The Kier molecular flexibility index (Phi) is 23.7. The molecule has 150 heavy (non-hydrogen) atoms. The lowest BCUT2D eigenvalue weighted by molar-refractivity contribution is 0.281. The van der Waals surface area contributed by atoms with Crippen LogP contribution in [0, 0.1) is 24.7 Å². The summed E-state index contributed by atoms with van der Waals surface area (Å²) in [5.41, 5.74) is 29.6. The summed E-state index contributed by atoms with van der Waals surface area (Å²) in [6.07, 6.45) is 5.73. The molecular weight excluding hydrogens is 1810 g/mol. The standard InChI is InChI=1S/C72H54N2.C67H44N2.C5H10.2CH4/c1-44(2)62-43-63-45(3)42-64(62)72-59(47-26-34-57(35-27-47)74(55-18-8-5-9-19-55)66-41-31-53-23-21-49-13-11-15-51-29-37-61(66)70(53)68(49)51)39-38-58(71(63)72)46-24-32-56(33-25-46)73(54-16-6-4-7-17-54)65-40-30-52-22-20-48-12-10-14-50-28-36-60(65)69(52)67(48)50;1-43-18-35-58-56(44-23-31-54(32-24-44)68(52-14-4-2-5-15-52)62-40-29-50-21-19-46-10-8-12-48-27-36-59(62)66(50)64(46)48)38-39-57(61(58)42-43)45-25-33-55(34-26-45)69(53-16-6-3-7-17-53)63-41-30-51-22-20-47-11-9-13-49-28-37-60(63)67(51)65(47)49;1-4-5(2)3;;/h4-42,44,62-64H,43H2,1-3H3;2-42H,1H3;4-5H,1H2,2-3H3;2*1H4. The van der Waals surface area contributed by atoms with Crippen LogP contribution in [0.2, 0.25) is 0 Å². The van der Waals surface area contributed by atoms with Gasteiger partial charge in [-0.1, -0.05) is 424 Å². The third-order valence-electron chi connectivity index (χ3n) is 32.2. The van der Waals surface area contributed by atoms with E-state index in [4.69, 9.17) is 0 Å². The molecule has 3 aliphatic rings. The highest BCUT2D eigenvalue weighted by molar-refractivity contribution is 6.30. The molecule has 27 aromatic carbocycles. The number of allylic oxidation sites excluding steroid dienone is 3. The van der Waals surface area contributed by atoms with Crippen molar-refractivity contribution in [2.45, 2.75) is 74.7 Å². The minimum absolute atomic E-state index is 0. The van der Waals surface area contributed by atoms with Crippen LogP contribution in [0.25, 0.3) is 185 Å². The Labute approximate surface area is 878 Å². The molecule has 0 aromatic heterocycles. The molecule has 30 rings (SSSR count). The predicted octanol–water partition coefficient (Wildman–Crippen LogP) is 42.9. The molecule has 0 amide bonds. The fourth-order valence-corrected chi connectivity index (χ4v) is 25.1. The van der Waals surface area contributed by atoms with Crippen molar-refractivity contribution < 1.29 is 0 Å². The average molecular weight is 1930 g/mol. The molecule has 0 N–H and O–H groups in total. The van der Waals surface area contributed by atoms with Crippen LogP contribution in [-0.4, -0.2) is 0 Å². The second-order valence-corrected chi connectivity index (χ2v) is 41.4. The van der Waals surface area contributed by atoms with Crippen molar-refractivity contribution in [3.63, 3.8) is 0 Å². The van der Waals surface area contributed by atoms with Crippen LogP contribution in [0.15, 0.2) is 504 Å². The van der Waals surface area contributed by atoms with Crippen LogP contribution in [-0.2, 0) is 0 Å². The number of nitrogens with zero attached hydrogens (tertiary/aromatic N) is 4. The van der Waals surface area contributed by atoms with Gasteiger partial charge < -0.3 is 19.6 Å². The van der Waals surface area contributed by atoms with Gasteiger partial charge in [-0.2, -0.15) is 0 Å². The van der Waals surface area contributed by atoms with E-state index in [1.54, 1.807) is 0 Å². The van der Waals surface area contributed by atoms with E-state index in [1.807, 2.05) is 6.08 Å². The van der Waals surface area contributed by atoms with E-state index >= 15 is 0 Å². The van der Waals surface area contributed by atoms with E-state index in [2.05, 4.69) is 553 Å². The second kappa shape index (κ2) is 38.1. The van der Waals surface area contributed by atoms with Crippen LogP contribution in [0.4, 0.5) is 68.2 Å². The number of anilines is 12. The van der Waals surface area contributed by atoms with Gasteiger partial charge in [-0.15, -0.1) is 6.58 Å². The highest BCUT2D eigenvalue weighted by Crippen LogP contribution is 2.60. The summed E-state index contributed by atoms with van der Waals surface area (Å²) in [5.74, 6) is 2.53. The van der Waals surface area contributed by atoms with E-state index < -0.39 is 0 Å². The molecule has 0 heterocycles. The Bertz CT molecular complexity index is 9740. The fourth-order valence-electron chi connectivity index (χ4n) is 25.1. The Morgan fingerprint density at radius 3 is 0.760 bits per heavy atom. The third-order valence-corrected chi connectivity index (χ3v) is 32.2.